The summed E-state index contributed by atoms with van der Waals surface area (Å²) in [4.78, 5) is 7.25. The Bertz CT molecular complexity index is 527. The number of anilines is 1. The molecule has 2 aromatic rings. The number of aromatic nitrogens is 1. The Morgan fingerprint density at radius 3 is 2.89 bits per heavy atom. The van der Waals surface area contributed by atoms with E-state index in [9.17, 15) is 4.39 Å². The van der Waals surface area contributed by atoms with Gasteiger partial charge in [0.05, 0.1) is 6.04 Å². The van der Waals surface area contributed by atoms with Crippen molar-refractivity contribution in [1.29, 1.82) is 0 Å². The summed E-state index contributed by atoms with van der Waals surface area (Å²) in [7, 11) is 3.68. The minimum atomic E-state index is -0.247. The molecular formula is C14H18FN3S. The molecule has 0 saturated heterocycles. The summed E-state index contributed by atoms with van der Waals surface area (Å²) >= 11 is 1.67. The van der Waals surface area contributed by atoms with Gasteiger partial charge in [-0.2, -0.15) is 0 Å². The molecule has 2 aromatic heterocycles. The van der Waals surface area contributed by atoms with Gasteiger partial charge in [-0.15, -0.1) is 11.3 Å². The summed E-state index contributed by atoms with van der Waals surface area (Å²) < 4.78 is 14.4. The molecule has 0 spiro atoms. The lowest BCUT2D eigenvalue weighted by Gasteiger charge is -2.26. The van der Waals surface area contributed by atoms with E-state index in [1.54, 1.807) is 30.6 Å². The molecule has 0 aliphatic heterocycles. The van der Waals surface area contributed by atoms with Crippen LogP contribution < -0.4 is 10.2 Å². The summed E-state index contributed by atoms with van der Waals surface area (Å²) in [6, 6.07) is 5.87. The van der Waals surface area contributed by atoms with Crippen LogP contribution in [0.2, 0.25) is 0 Å². The van der Waals surface area contributed by atoms with Crippen LogP contribution >= 0.6 is 11.3 Å². The highest BCUT2D eigenvalue weighted by Crippen LogP contribution is 2.29. The third-order valence-electron chi connectivity index (χ3n) is 3.19. The van der Waals surface area contributed by atoms with Crippen molar-refractivity contribution in [3.63, 3.8) is 0 Å². The van der Waals surface area contributed by atoms with E-state index in [0.29, 0.717) is 17.9 Å². The van der Waals surface area contributed by atoms with Gasteiger partial charge in [-0.25, -0.2) is 9.37 Å². The van der Waals surface area contributed by atoms with Gasteiger partial charge in [0.2, 0.25) is 0 Å². The third kappa shape index (κ3) is 2.93. The van der Waals surface area contributed by atoms with Gasteiger partial charge in [0, 0.05) is 30.2 Å². The average molecular weight is 279 g/mol. The molecule has 1 atom stereocenters. The third-order valence-corrected chi connectivity index (χ3v) is 4.23. The summed E-state index contributed by atoms with van der Waals surface area (Å²) in [6.45, 7) is 2.56. The van der Waals surface area contributed by atoms with Crippen LogP contribution in [0.4, 0.5) is 10.2 Å². The molecule has 102 valence electrons. The zero-order valence-corrected chi connectivity index (χ0v) is 12.2. The number of thiophene rings is 1. The molecule has 0 saturated carbocycles. The van der Waals surface area contributed by atoms with Crippen LogP contribution in [0, 0.1) is 5.82 Å². The van der Waals surface area contributed by atoms with Gasteiger partial charge in [-0.05, 0) is 31.5 Å². The van der Waals surface area contributed by atoms with Gasteiger partial charge in [-0.1, -0.05) is 6.07 Å². The molecule has 2 heterocycles. The van der Waals surface area contributed by atoms with E-state index in [4.69, 9.17) is 0 Å². The molecular weight excluding hydrogens is 261 g/mol. The van der Waals surface area contributed by atoms with Crippen molar-refractivity contribution in [2.24, 2.45) is 0 Å². The summed E-state index contributed by atoms with van der Waals surface area (Å²) in [6.07, 6.45) is 1.66. The largest absolute Gasteiger partial charge is 0.350 e. The van der Waals surface area contributed by atoms with E-state index in [-0.39, 0.29) is 11.9 Å². The maximum Gasteiger partial charge on any atom is 0.170 e. The zero-order chi connectivity index (χ0) is 13.8. The minimum absolute atomic E-state index is 0.104. The Labute approximate surface area is 117 Å². The Hall–Kier alpha value is -1.46. The van der Waals surface area contributed by atoms with E-state index in [1.165, 1.54) is 4.88 Å². The second kappa shape index (κ2) is 6.12. The second-order valence-corrected chi connectivity index (χ2v) is 5.42. The van der Waals surface area contributed by atoms with Gasteiger partial charge in [0.1, 0.15) is 0 Å². The summed E-state index contributed by atoms with van der Waals surface area (Å²) in [5, 5.41) is 4.99. The lowest BCUT2D eigenvalue weighted by Crippen LogP contribution is -2.24. The predicted molar refractivity (Wildman–Crippen MR) is 78.1 cm³/mol. The van der Waals surface area contributed by atoms with Crippen LogP contribution in [-0.4, -0.2) is 19.1 Å². The number of pyridine rings is 1. The van der Waals surface area contributed by atoms with Gasteiger partial charge < -0.3 is 10.2 Å². The molecule has 0 radical (unpaired) electrons. The van der Waals surface area contributed by atoms with Crippen LogP contribution in [0.3, 0.4) is 0 Å². The first-order chi connectivity index (χ1) is 9.15. The van der Waals surface area contributed by atoms with E-state index >= 15 is 0 Å². The van der Waals surface area contributed by atoms with Crippen LogP contribution in [0.5, 0.6) is 0 Å². The molecule has 0 aliphatic rings. The van der Waals surface area contributed by atoms with Crippen molar-refractivity contribution < 1.29 is 4.39 Å². The Kier molecular flexibility index (Phi) is 4.50. The smallest absolute Gasteiger partial charge is 0.170 e. The van der Waals surface area contributed by atoms with Gasteiger partial charge in [-0.3, -0.25) is 0 Å². The fourth-order valence-electron chi connectivity index (χ4n) is 1.95. The van der Waals surface area contributed by atoms with Crippen LogP contribution in [0.25, 0.3) is 0 Å². The topological polar surface area (TPSA) is 28.2 Å². The van der Waals surface area contributed by atoms with Crippen molar-refractivity contribution in [2.75, 3.05) is 19.0 Å². The summed E-state index contributed by atoms with van der Waals surface area (Å²) in [5.41, 5.74) is 0.637. The first-order valence-corrected chi connectivity index (χ1v) is 7.07. The molecule has 0 aliphatic carbocycles. The summed E-state index contributed by atoms with van der Waals surface area (Å²) in [5.74, 6) is 0.149. The van der Waals surface area contributed by atoms with Crippen LogP contribution in [-0.2, 0) is 6.54 Å². The first-order valence-electron chi connectivity index (χ1n) is 6.19. The lowest BCUT2D eigenvalue weighted by atomic mass is 10.2. The number of nitrogens with one attached hydrogen (secondary N) is 1. The Morgan fingerprint density at radius 1 is 1.47 bits per heavy atom. The molecule has 5 heteroatoms. The predicted octanol–water partition coefficient (Wildman–Crippen LogP) is 3.20. The molecule has 2 rings (SSSR count). The first kappa shape index (κ1) is 14.0. The highest BCUT2D eigenvalue weighted by Gasteiger charge is 2.19. The monoisotopic (exact) mass is 279 g/mol. The quantitative estimate of drug-likeness (QED) is 0.911. The van der Waals surface area contributed by atoms with Gasteiger partial charge >= 0.3 is 0 Å². The van der Waals surface area contributed by atoms with Crippen molar-refractivity contribution in [2.45, 2.75) is 19.5 Å². The molecule has 1 unspecified atom stereocenters. The average Bonchev–Trinajstić information content (AvgIpc) is 2.94. The van der Waals surface area contributed by atoms with Gasteiger partial charge in [0.15, 0.2) is 11.6 Å². The Morgan fingerprint density at radius 2 is 2.26 bits per heavy atom. The lowest BCUT2D eigenvalue weighted by molar-refractivity contribution is 0.581. The maximum absolute atomic E-state index is 14.4. The van der Waals surface area contributed by atoms with E-state index in [2.05, 4.69) is 23.3 Å². The normalized spacial score (nSPS) is 12.4. The minimum Gasteiger partial charge on any atom is -0.350 e. The van der Waals surface area contributed by atoms with E-state index in [0.717, 1.165) is 0 Å². The van der Waals surface area contributed by atoms with Crippen LogP contribution in [0.15, 0.2) is 29.8 Å². The number of nitrogens with zero attached hydrogens (tertiary/aromatic N) is 2. The molecule has 3 nitrogen and oxygen atoms in total. The van der Waals surface area contributed by atoms with Crippen molar-refractivity contribution in [1.82, 2.24) is 10.3 Å². The standard InChI is InChI=1S/C14H18FN3S/c1-10(12-5-4-8-19-12)18(3)14-13(15)11(9-16-2)6-7-17-14/h4-8,10,16H,9H2,1-3H3. The molecule has 19 heavy (non-hydrogen) atoms. The zero-order valence-electron chi connectivity index (χ0n) is 11.4. The molecule has 0 amide bonds. The van der Waals surface area contributed by atoms with Crippen LogP contribution in [0.1, 0.15) is 23.4 Å². The maximum atomic E-state index is 14.4. The number of halogens is 1. The van der Waals surface area contributed by atoms with Crippen molar-refractivity contribution in [3.8, 4) is 0 Å². The fraction of sp³-hybridized carbons (Fsp3) is 0.357. The fourth-order valence-corrected chi connectivity index (χ4v) is 2.77. The second-order valence-electron chi connectivity index (χ2n) is 4.44. The van der Waals surface area contributed by atoms with Crippen molar-refractivity contribution in [3.05, 3.63) is 46.0 Å². The Balaban J connectivity index is 2.28. The molecule has 0 fully saturated rings. The van der Waals surface area contributed by atoms with Gasteiger partial charge in [0.25, 0.3) is 0 Å². The highest BCUT2D eigenvalue weighted by atomic mass is 32.1. The van der Waals surface area contributed by atoms with E-state index in [1.807, 2.05) is 23.4 Å². The molecule has 1 N–H and O–H groups in total. The number of hydrogen-bond donors (Lipinski definition) is 1. The number of rotatable bonds is 5. The van der Waals surface area contributed by atoms with E-state index < -0.39 is 0 Å². The van der Waals surface area contributed by atoms with Crippen molar-refractivity contribution >= 4 is 17.2 Å². The highest BCUT2D eigenvalue weighted by molar-refractivity contribution is 7.10. The molecule has 0 bridgehead atoms. The molecule has 0 aromatic carbocycles. The SMILES string of the molecule is CNCc1ccnc(N(C)C(C)c2cccs2)c1F. The number of hydrogen-bond acceptors (Lipinski definition) is 4.